The summed E-state index contributed by atoms with van der Waals surface area (Å²) in [5.74, 6) is -1.15. The van der Waals surface area contributed by atoms with E-state index in [1.54, 1.807) is 12.1 Å². The zero-order chi connectivity index (χ0) is 24.0. The molecular weight excluding hydrogens is 464 g/mol. The number of rotatable bonds is 5. The fraction of sp³-hybridized carbons (Fsp3) is 0.364. The van der Waals surface area contributed by atoms with Crippen molar-refractivity contribution in [1.82, 2.24) is 8.87 Å². The van der Waals surface area contributed by atoms with E-state index in [1.165, 1.54) is 27.4 Å². The van der Waals surface area contributed by atoms with Crippen molar-refractivity contribution in [2.75, 3.05) is 24.5 Å². The van der Waals surface area contributed by atoms with E-state index < -0.39 is 20.7 Å². The first kappa shape index (κ1) is 22.3. The zero-order valence-corrected chi connectivity index (χ0v) is 19.0. The molecule has 0 bridgehead atoms. The zero-order valence-electron chi connectivity index (χ0n) is 18.2. The number of anilines is 1. The van der Waals surface area contributed by atoms with Crippen LogP contribution in [0.5, 0.6) is 0 Å². The number of nitrogens with zero attached hydrogens (tertiary/aromatic N) is 4. The topological polar surface area (TPSA) is 136 Å². The molecule has 2 aromatic carbocycles. The number of hydrogen-bond acceptors (Lipinski definition) is 7. The molecule has 12 heteroatoms. The number of nitro benzene ring substituents is 1. The fourth-order valence-electron chi connectivity index (χ4n) is 4.59. The number of non-ortho nitro benzene ring substituents is 1. The molecule has 1 amide bonds. The summed E-state index contributed by atoms with van der Waals surface area (Å²) in [5, 5.41) is 11.0. The maximum atomic E-state index is 13.1. The molecule has 3 aromatic rings. The van der Waals surface area contributed by atoms with E-state index in [9.17, 15) is 28.1 Å². The summed E-state index contributed by atoms with van der Waals surface area (Å²) in [6.07, 6.45) is 3.22. The molecule has 2 aliphatic heterocycles. The number of carbonyl (C=O) groups excluding carboxylic acids is 1. The number of fused-ring (bicyclic) bond motifs is 2. The van der Waals surface area contributed by atoms with Gasteiger partial charge in [-0.3, -0.25) is 19.5 Å². The molecule has 1 saturated heterocycles. The second kappa shape index (κ2) is 8.37. The maximum absolute atomic E-state index is 13.1. The lowest BCUT2D eigenvalue weighted by atomic mass is 10.2. The number of nitro groups is 1. The summed E-state index contributed by atoms with van der Waals surface area (Å²) < 4.78 is 33.7. The van der Waals surface area contributed by atoms with Crippen LogP contribution in [-0.2, 0) is 27.8 Å². The number of oxazole rings is 1. The number of piperidine rings is 1. The number of benzene rings is 2. The Morgan fingerprint density at radius 2 is 1.82 bits per heavy atom. The molecule has 0 N–H and O–H groups in total. The van der Waals surface area contributed by atoms with Crippen molar-refractivity contribution in [2.45, 2.75) is 37.1 Å². The minimum absolute atomic E-state index is 0.0291. The Bertz CT molecular complexity index is 1470. The molecule has 3 heterocycles. The standard InChI is InChI=1S/C22H22N4O7S/c27-21(14-25-19-6-4-16(26(29)30)13-20(19)33-22(25)28)24-11-8-15-12-17(5-7-18(15)24)34(31,32)23-9-2-1-3-10-23/h4-7,12-13H,1-3,8-11,14H2. The van der Waals surface area contributed by atoms with Gasteiger partial charge in [0.05, 0.1) is 21.4 Å². The molecular formula is C22H22N4O7S. The van der Waals surface area contributed by atoms with Crippen molar-refractivity contribution in [3.05, 3.63) is 62.6 Å². The predicted octanol–water partition coefficient (Wildman–Crippen LogP) is 2.27. The van der Waals surface area contributed by atoms with Crippen molar-refractivity contribution < 1.29 is 22.6 Å². The van der Waals surface area contributed by atoms with Crippen LogP contribution in [0.2, 0.25) is 0 Å². The average Bonchev–Trinajstić information content (AvgIpc) is 3.39. The van der Waals surface area contributed by atoms with E-state index in [0.717, 1.165) is 35.5 Å². The first-order valence-corrected chi connectivity index (χ1v) is 12.4. The van der Waals surface area contributed by atoms with Crippen LogP contribution < -0.4 is 10.7 Å². The lowest BCUT2D eigenvalue weighted by Gasteiger charge is -2.26. The second-order valence-electron chi connectivity index (χ2n) is 8.41. The van der Waals surface area contributed by atoms with Crippen molar-refractivity contribution in [2.24, 2.45) is 0 Å². The van der Waals surface area contributed by atoms with E-state index >= 15 is 0 Å². The Labute approximate surface area is 194 Å². The smallest absolute Gasteiger partial charge is 0.407 e. The fourth-order valence-corrected chi connectivity index (χ4v) is 6.16. The third-order valence-electron chi connectivity index (χ3n) is 6.36. The monoisotopic (exact) mass is 486 g/mol. The van der Waals surface area contributed by atoms with E-state index in [4.69, 9.17) is 4.42 Å². The van der Waals surface area contributed by atoms with Gasteiger partial charge in [-0.25, -0.2) is 13.2 Å². The van der Waals surface area contributed by atoms with Crippen LogP contribution in [0.25, 0.3) is 11.1 Å². The van der Waals surface area contributed by atoms with Crippen molar-refractivity contribution >= 4 is 38.4 Å². The maximum Gasteiger partial charge on any atom is 0.420 e. The number of sulfonamides is 1. The number of carbonyl (C=O) groups is 1. The Balaban J connectivity index is 1.39. The van der Waals surface area contributed by atoms with E-state index in [2.05, 4.69) is 0 Å². The SMILES string of the molecule is O=C(Cn1c(=O)oc2cc([N+](=O)[O-])ccc21)N1CCc2cc(S(=O)(=O)N3CCCCC3)ccc21. The minimum Gasteiger partial charge on any atom is -0.407 e. The summed E-state index contributed by atoms with van der Waals surface area (Å²) in [5.41, 5.74) is 1.46. The summed E-state index contributed by atoms with van der Waals surface area (Å²) in [6.45, 7) is 1.08. The van der Waals surface area contributed by atoms with Crippen LogP contribution in [0.15, 0.2) is 50.5 Å². The molecule has 0 unspecified atom stereocenters. The lowest BCUT2D eigenvalue weighted by Crippen LogP contribution is -2.35. The second-order valence-corrected chi connectivity index (χ2v) is 10.4. The van der Waals surface area contributed by atoms with Crippen LogP contribution in [0.1, 0.15) is 24.8 Å². The van der Waals surface area contributed by atoms with E-state index in [-0.39, 0.29) is 34.1 Å². The average molecular weight is 487 g/mol. The van der Waals surface area contributed by atoms with Gasteiger partial charge in [-0.15, -0.1) is 0 Å². The van der Waals surface area contributed by atoms with Gasteiger partial charge in [-0.1, -0.05) is 6.42 Å². The van der Waals surface area contributed by atoms with Crippen LogP contribution in [-0.4, -0.2) is 47.8 Å². The highest BCUT2D eigenvalue weighted by Gasteiger charge is 2.30. The van der Waals surface area contributed by atoms with Gasteiger partial charge >= 0.3 is 5.76 Å². The van der Waals surface area contributed by atoms with Gasteiger partial charge in [0.2, 0.25) is 15.9 Å². The van der Waals surface area contributed by atoms with Gasteiger partial charge in [-0.2, -0.15) is 4.31 Å². The van der Waals surface area contributed by atoms with Crippen molar-refractivity contribution in [1.29, 1.82) is 0 Å². The van der Waals surface area contributed by atoms with Gasteiger partial charge in [0.25, 0.3) is 5.69 Å². The summed E-state index contributed by atoms with van der Waals surface area (Å²) in [4.78, 5) is 37.5. The Kier molecular flexibility index (Phi) is 5.48. The van der Waals surface area contributed by atoms with Crippen LogP contribution in [0.4, 0.5) is 11.4 Å². The van der Waals surface area contributed by atoms with E-state index in [0.29, 0.717) is 31.7 Å². The molecule has 0 spiro atoms. The van der Waals surface area contributed by atoms with Gasteiger partial charge in [0.15, 0.2) is 5.58 Å². The summed E-state index contributed by atoms with van der Waals surface area (Å²) in [7, 11) is -3.58. The molecule has 1 fully saturated rings. The molecule has 2 aliphatic rings. The number of amides is 1. The third kappa shape index (κ3) is 3.78. The van der Waals surface area contributed by atoms with Gasteiger partial charge in [0, 0.05) is 31.4 Å². The first-order chi connectivity index (χ1) is 16.3. The first-order valence-electron chi connectivity index (χ1n) is 11.0. The van der Waals surface area contributed by atoms with Gasteiger partial charge in [-0.05, 0) is 49.1 Å². The number of aromatic nitrogens is 1. The summed E-state index contributed by atoms with van der Waals surface area (Å²) >= 11 is 0. The van der Waals surface area contributed by atoms with Crippen LogP contribution in [0, 0.1) is 10.1 Å². The lowest BCUT2D eigenvalue weighted by molar-refractivity contribution is -0.384. The molecule has 0 atom stereocenters. The third-order valence-corrected chi connectivity index (χ3v) is 8.25. The Hall–Kier alpha value is -3.51. The van der Waals surface area contributed by atoms with Crippen molar-refractivity contribution in [3.8, 4) is 0 Å². The molecule has 0 aliphatic carbocycles. The number of hydrogen-bond donors (Lipinski definition) is 0. The molecule has 0 radical (unpaired) electrons. The van der Waals surface area contributed by atoms with E-state index in [1.807, 2.05) is 0 Å². The Morgan fingerprint density at radius 3 is 2.56 bits per heavy atom. The summed E-state index contributed by atoms with van der Waals surface area (Å²) in [6, 6.07) is 8.55. The Morgan fingerprint density at radius 1 is 1.06 bits per heavy atom. The molecule has 11 nitrogen and oxygen atoms in total. The predicted molar refractivity (Wildman–Crippen MR) is 122 cm³/mol. The van der Waals surface area contributed by atoms with Crippen LogP contribution >= 0.6 is 0 Å². The van der Waals surface area contributed by atoms with Gasteiger partial charge in [0.1, 0.15) is 6.54 Å². The quantitative estimate of drug-likeness (QED) is 0.399. The van der Waals surface area contributed by atoms with Crippen LogP contribution in [0.3, 0.4) is 0 Å². The molecule has 34 heavy (non-hydrogen) atoms. The molecule has 0 saturated carbocycles. The normalized spacial score (nSPS) is 16.6. The largest absolute Gasteiger partial charge is 0.420 e. The molecule has 178 valence electrons. The molecule has 1 aromatic heterocycles. The highest BCUT2D eigenvalue weighted by molar-refractivity contribution is 7.89. The van der Waals surface area contributed by atoms with Gasteiger partial charge < -0.3 is 9.32 Å². The highest BCUT2D eigenvalue weighted by atomic mass is 32.2. The highest BCUT2D eigenvalue weighted by Crippen LogP contribution is 2.32. The van der Waals surface area contributed by atoms with Crippen molar-refractivity contribution in [3.63, 3.8) is 0 Å². The minimum atomic E-state index is -3.58. The molecule has 5 rings (SSSR count).